The summed E-state index contributed by atoms with van der Waals surface area (Å²) < 4.78 is 2.23. The maximum absolute atomic E-state index is 4.62. The van der Waals surface area contributed by atoms with Crippen molar-refractivity contribution in [1.82, 2.24) is 19.7 Å². The van der Waals surface area contributed by atoms with Gasteiger partial charge in [-0.25, -0.2) is 0 Å². The van der Waals surface area contributed by atoms with E-state index in [-0.39, 0.29) is 0 Å². The van der Waals surface area contributed by atoms with E-state index in [9.17, 15) is 0 Å². The molecule has 2 aromatic carbocycles. The van der Waals surface area contributed by atoms with E-state index in [1.54, 1.807) is 7.05 Å². The number of anilines is 1. The first kappa shape index (κ1) is 13.7. The summed E-state index contributed by atoms with van der Waals surface area (Å²) in [5, 5.41) is 12.5. The fourth-order valence-electron chi connectivity index (χ4n) is 2.92. The van der Waals surface area contributed by atoms with Gasteiger partial charge in [-0.2, -0.15) is 4.98 Å². The maximum Gasteiger partial charge on any atom is 0.244 e. The van der Waals surface area contributed by atoms with Gasteiger partial charge < -0.3 is 9.88 Å². The summed E-state index contributed by atoms with van der Waals surface area (Å²) in [7, 11) is 1.81. The molecule has 0 aliphatic rings. The number of aryl methyl sites for hydroxylation is 2. The highest BCUT2D eigenvalue weighted by Crippen LogP contribution is 2.26. The Kier molecular flexibility index (Phi) is 3.38. The highest BCUT2D eigenvalue weighted by Gasteiger charge is 2.14. The molecule has 0 radical (unpaired) electrons. The lowest BCUT2D eigenvalue weighted by atomic mass is 10.1. The number of nitrogens with zero attached hydrogens (tertiary/aromatic N) is 4. The van der Waals surface area contributed by atoms with Crippen molar-refractivity contribution in [3.8, 4) is 0 Å². The van der Waals surface area contributed by atoms with Crippen LogP contribution in [0.5, 0.6) is 0 Å². The van der Waals surface area contributed by atoms with Gasteiger partial charge in [-0.3, -0.25) is 0 Å². The van der Waals surface area contributed by atoms with Crippen LogP contribution in [-0.4, -0.2) is 26.8 Å². The molecule has 0 aliphatic carbocycles. The zero-order valence-electron chi connectivity index (χ0n) is 12.9. The number of benzene rings is 2. The van der Waals surface area contributed by atoms with Crippen LogP contribution in [0.25, 0.3) is 22.1 Å². The van der Waals surface area contributed by atoms with Gasteiger partial charge in [-0.15, -0.1) is 10.2 Å². The van der Waals surface area contributed by atoms with E-state index in [1.807, 2.05) is 18.2 Å². The highest BCUT2D eigenvalue weighted by atomic mass is 15.3. The van der Waals surface area contributed by atoms with Crippen molar-refractivity contribution in [3.05, 3.63) is 60.2 Å². The summed E-state index contributed by atoms with van der Waals surface area (Å²) in [5.41, 5.74) is 4.19. The van der Waals surface area contributed by atoms with Gasteiger partial charge in [0.1, 0.15) is 5.52 Å². The van der Waals surface area contributed by atoms with E-state index >= 15 is 0 Å². The first-order valence-corrected chi connectivity index (χ1v) is 7.70. The predicted octanol–water partition coefficient (Wildman–Crippen LogP) is 3.26. The standard InChI is InChI=1S/C18H17N5/c1-19-18-20-17-16(21-22-18)14-9-5-6-10-15(14)23(17)12-11-13-7-3-2-4-8-13/h2-10H,11-12H2,1H3,(H,19,20,22). The SMILES string of the molecule is CNc1nnc2c3ccccc3n(CCc3ccccc3)c2n1. The highest BCUT2D eigenvalue weighted by molar-refractivity contribution is 6.04. The maximum atomic E-state index is 4.62. The molecular formula is C18H17N5. The monoisotopic (exact) mass is 303 g/mol. The van der Waals surface area contributed by atoms with Crippen LogP contribution in [0.3, 0.4) is 0 Å². The van der Waals surface area contributed by atoms with Crippen LogP contribution in [0.2, 0.25) is 0 Å². The normalized spacial score (nSPS) is 11.2. The largest absolute Gasteiger partial charge is 0.356 e. The summed E-state index contributed by atoms with van der Waals surface area (Å²) >= 11 is 0. The van der Waals surface area contributed by atoms with Crippen LogP contribution >= 0.6 is 0 Å². The van der Waals surface area contributed by atoms with Gasteiger partial charge in [-0.05, 0) is 18.1 Å². The number of hydrogen-bond acceptors (Lipinski definition) is 4. The number of para-hydroxylation sites is 1. The minimum atomic E-state index is 0.543. The molecule has 0 saturated carbocycles. The molecule has 1 N–H and O–H groups in total. The van der Waals surface area contributed by atoms with Gasteiger partial charge in [0, 0.05) is 19.0 Å². The molecule has 0 fully saturated rings. The summed E-state index contributed by atoms with van der Waals surface area (Å²) in [4.78, 5) is 4.62. The Hall–Kier alpha value is -2.95. The summed E-state index contributed by atoms with van der Waals surface area (Å²) in [5.74, 6) is 0.543. The van der Waals surface area contributed by atoms with Crippen molar-refractivity contribution in [2.24, 2.45) is 0 Å². The minimum absolute atomic E-state index is 0.543. The van der Waals surface area contributed by atoms with Gasteiger partial charge in [0.05, 0.1) is 5.52 Å². The molecule has 5 nitrogen and oxygen atoms in total. The second-order valence-corrected chi connectivity index (χ2v) is 5.46. The molecule has 5 heteroatoms. The van der Waals surface area contributed by atoms with Gasteiger partial charge in [-0.1, -0.05) is 48.5 Å². The zero-order valence-corrected chi connectivity index (χ0v) is 12.9. The van der Waals surface area contributed by atoms with E-state index in [0.717, 1.165) is 35.0 Å². The predicted molar refractivity (Wildman–Crippen MR) is 92.5 cm³/mol. The van der Waals surface area contributed by atoms with E-state index in [1.165, 1.54) is 5.56 Å². The van der Waals surface area contributed by atoms with Crippen molar-refractivity contribution >= 4 is 28.0 Å². The number of fused-ring (bicyclic) bond motifs is 3. The lowest BCUT2D eigenvalue weighted by Gasteiger charge is -2.07. The Morgan fingerprint density at radius 3 is 2.57 bits per heavy atom. The molecule has 114 valence electrons. The summed E-state index contributed by atoms with van der Waals surface area (Å²) in [6.07, 6.45) is 0.952. The smallest absolute Gasteiger partial charge is 0.244 e. The Balaban J connectivity index is 1.84. The average Bonchev–Trinajstić information content (AvgIpc) is 2.94. The molecule has 0 spiro atoms. The van der Waals surface area contributed by atoms with Crippen molar-refractivity contribution < 1.29 is 0 Å². The van der Waals surface area contributed by atoms with E-state index in [4.69, 9.17) is 0 Å². The Labute approximate surface area is 134 Å². The van der Waals surface area contributed by atoms with Crippen LogP contribution < -0.4 is 5.32 Å². The quantitative estimate of drug-likeness (QED) is 0.628. The summed E-state index contributed by atoms with van der Waals surface area (Å²) in [6.45, 7) is 0.857. The molecule has 0 atom stereocenters. The van der Waals surface area contributed by atoms with Crippen molar-refractivity contribution in [3.63, 3.8) is 0 Å². The van der Waals surface area contributed by atoms with Crippen molar-refractivity contribution in [1.29, 1.82) is 0 Å². The Bertz CT molecular complexity index is 959. The fourth-order valence-corrected chi connectivity index (χ4v) is 2.92. The molecule has 0 saturated heterocycles. The lowest BCUT2D eigenvalue weighted by molar-refractivity contribution is 0.736. The molecular weight excluding hydrogens is 286 g/mol. The molecule has 0 bridgehead atoms. The van der Waals surface area contributed by atoms with Crippen LogP contribution in [0.4, 0.5) is 5.95 Å². The van der Waals surface area contributed by atoms with Crippen LogP contribution in [0.15, 0.2) is 54.6 Å². The third-order valence-corrected chi connectivity index (χ3v) is 4.06. The second kappa shape index (κ2) is 5.68. The number of nitrogens with one attached hydrogen (secondary N) is 1. The molecule has 4 aromatic rings. The zero-order chi connectivity index (χ0) is 15.6. The van der Waals surface area contributed by atoms with Gasteiger partial charge in [0.2, 0.25) is 5.95 Å². The van der Waals surface area contributed by atoms with Gasteiger partial charge in [0.15, 0.2) is 5.65 Å². The van der Waals surface area contributed by atoms with Crippen LogP contribution in [-0.2, 0) is 13.0 Å². The number of aromatic nitrogens is 4. The molecule has 2 heterocycles. The van der Waals surface area contributed by atoms with Crippen LogP contribution in [0, 0.1) is 0 Å². The Morgan fingerprint density at radius 1 is 0.957 bits per heavy atom. The minimum Gasteiger partial charge on any atom is -0.356 e. The third kappa shape index (κ3) is 2.40. The summed E-state index contributed by atoms with van der Waals surface area (Å²) in [6, 6.07) is 18.8. The first-order valence-electron chi connectivity index (χ1n) is 7.70. The molecule has 2 aromatic heterocycles. The Morgan fingerprint density at radius 2 is 1.74 bits per heavy atom. The van der Waals surface area contributed by atoms with Gasteiger partial charge in [0.25, 0.3) is 0 Å². The van der Waals surface area contributed by atoms with E-state index in [0.29, 0.717) is 5.95 Å². The molecule has 0 unspecified atom stereocenters. The van der Waals surface area contributed by atoms with E-state index < -0.39 is 0 Å². The fraction of sp³-hybridized carbons (Fsp3) is 0.167. The van der Waals surface area contributed by atoms with Crippen molar-refractivity contribution in [2.45, 2.75) is 13.0 Å². The van der Waals surface area contributed by atoms with E-state index in [2.05, 4.69) is 61.5 Å². The topological polar surface area (TPSA) is 55.6 Å². The van der Waals surface area contributed by atoms with Gasteiger partial charge >= 0.3 is 0 Å². The number of rotatable bonds is 4. The second-order valence-electron chi connectivity index (χ2n) is 5.46. The van der Waals surface area contributed by atoms with Crippen molar-refractivity contribution in [2.75, 3.05) is 12.4 Å². The molecule has 23 heavy (non-hydrogen) atoms. The first-order chi connectivity index (χ1) is 11.4. The van der Waals surface area contributed by atoms with Crippen LogP contribution in [0.1, 0.15) is 5.56 Å². The third-order valence-electron chi connectivity index (χ3n) is 4.06. The average molecular weight is 303 g/mol. The molecule has 0 aliphatic heterocycles. The lowest BCUT2D eigenvalue weighted by Crippen LogP contribution is -2.05. The molecule has 4 rings (SSSR count). The number of hydrogen-bond donors (Lipinski definition) is 1. The molecule has 0 amide bonds.